The van der Waals surface area contributed by atoms with Gasteiger partial charge in [-0.15, -0.1) is 0 Å². The molecule has 120 valence electrons. The predicted octanol–water partition coefficient (Wildman–Crippen LogP) is 2.83. The minimum atomic E-state index is 0.101. The molecule has 2 fully saturated rings. The summed E-state index contributed by atoms with van der Waals surface area (Å²) in [6.07, 6.45) is 7.15. The van der Waals surface area contributed by atoms with Crippen LogP contribution in [0.15, 0.2) is 24.3 Å². The summed E-state index contributed by atoms with van der Waals surface area (Å²) in [4.78, 5) is 14.6. The van der Waals surface area contributed by atoms with Crippen molar-refractivity contribution in [2.75, 3.05) is 20.1 Å². The highest BCUT2D eigenvalue weighted by Crippen LogP contribution is 2.25. The standard InChI is InChI=1S/C18H26N2O2/c1-20(15-9-11-19-12-10-15)18(21)14-5-4-8-17(13-14)22-16-6-2-3-7-16/h4-5,8,13,15-16,19H,2-3,6-7,9-12H2,1H3. The van der Waals surface area contributed by atoms with Crippen LogP contribution in [0.5, 0.6) is 5.75 Å². The van der Waals surface area contributed by atoms with E-state index in [9.17, 15) is 4.79 Å². The van der Waals surface area contributed by atoms with Gasteiger partial charge >= 0.3 is 0 Å². The van der Waals surface area contributed by atoms with E-state index >= 15 is 0 Å². The largest absolute Gasteiger partial charge is 0.490 e. The van der Waals surface area contributed by atoms with Gasteiger partial charge in [0, 0.05) is 18.7 Å². The first kappa shape index (κ1) is 15.3. The molecule has 1 aromatic rings. The molecular formula is C18H26N2O2. The van der Waals surface area contributed by atoms with Gasteiger partial charge < -0.3 is 15.0 Å². The molecule has 2 aliphatic rings. The number of hydrogen-bond acceptors (Lipinski definition) is 3. The maximum Gasteiger partial charge on any atom is 0.253 e. The van der Waals surface area contributed by atoms with Crippen LogP contribution in [0, 0.1) is 0 Å². The van der Waals surface area contributed by atoms with E-state index in [1.54, 1.807) is 0 Å². The second-order valence-corrected chi connectivity index (χ2v) is 6.45. The van der Waals surface area contributed by atoms with E-state index in [0.717, 1.165) is 50.1 Å². The zero-order valence-corrected chi connectivity index (χ0v) is 13.4. The molecule has 3 rings (SSSR count). The van der Waals surface area contributed by atoms with Crippen molar-refractivity contribution in [3.05, 3.63) is 29.8 Å². The summed E-state index contributed by atoms with van der Waals surface area (Å²) in [5.74, 6) is 0.931. The fourth-order valence-corrected chi connectivity index (χ4v) is 3.46. The smallest absolute Gasteiger partial charge is 0.253 e. The Bertz CT molecular complexity index is 506. The molecule has 4 nitrogen and oxygen atoms in total. The van der Waals surface area contributed by atoms with Crippen LogP contribution in [0.3, 0.4) is 0 Å². The van der Waals surface area contributed by atoms with Crippen molar-refractivity contribution >= 4 is 5.91 Å². The lowest BCUT2D eigenvalue weighted by molar-refractivity contribution is 0.0702. The van der Waals surface area contributed by atoms with Gasteiger partial charge in [-0.2, -0.15) is 0 Å². The van der Waals surface area contributed by atoms with Crippen LogP contribution in [0.2, 0.25) is 0 Å². The highest BCUT2D eigenvalue weighted by molar-refractivity contribution is 5.94. The third-order valence-electron chi connectivity index (χ3n) is 4.86. The molecule has 0 radical (unpaired) electrons. The summed E-state index contributed by atoms with van der Waals surface area (Å²) in [6, 6.07) is 8.01. The van der Waals surface area contributed by atoms with Gasteiger partial charge in [-0.25, -0.2) is 0 Å². The van der Waals surface area contributed by atoms with Crippen molar-refractivity contribution < 1.29 is 9.53 Å². The lowest BCUT2D eigenvalue weighted by atomic mass is 10.0. The highest BCUT2D eigenvalue weighted by Gasteiger charge is 2.23. The molecule has 0 spiro atoms. The van der Waals surface area contributed by atoms with Crippen LogP contribution in [0.1, 0.15) is 48.9 Å². The number of nitrogens with one attached hydrogen (secondary N) is 1. The lowest BCUT2D eigenvalue weighted by Crippen LogP contribution is -2.43. The third kappa shape index (κ3) is 3.61. The number of amides is 1. The molecule has 0 aromatic heterocycles. The van der Waals surface area contributed by atoms with E-state index in [1.807, 2.05) is 36.2 Å². The Morgan fingerprint density at radius 3 is 2.64 bits per heavy atom. The zero-order chi connectivity index (χ0) is 15.4. The number of benzene rings is 1. The van der Waals surface area contributed by atoms with Crippen molar-refractivity contribution in [2.24, 2.45) is 0 Å². The first-order chi connectivity index (χ1) is 10.7. The molecular weight excluding hydrogens is 276 g/mol. The minimum absolute atomic E-state index is 0.101. The van der Waals surface area contributed by atoms with Crippen LogP contribution in [-0.2, 0) is 0 Å². The molecule has 0 bridgehead atoms. The van der Waals surface area contributed by atoms with Gasteiger partial charge in [0.1, 0.15) is 5.75 Å². The Kier molecular flexibility index (Phi) is 4.98. The minimum Gasteiger partial charge on any atom is -0.490 e. The monoisotopic (exact) mass is 302 g/mol. The summed E-state index contributed by atoms with van der Waals surface area (Å²) in [5, 5.41) is 3.34. The lowest BCUT2D eigenvalue weighted by Gasteiger charge is -2.31. The topological polar surface area (TPSA) is 41.6 Å². The molecule has 4 heteroatoms. The SMILES string of the molecule is CN(C(=O)c1cccc(OC2CCCC2)c1)C1CCNCC1. The quantitative estimate of drug-likeness (QED) is 0.930. The van der Waals surface area contributed by atoms with Crippen LogP contribution in [0.4, 0.5) is 0 Å². The Morgan fingerprint density at radius 1 is 1.18 bits per heavy atom. The van der Waals surface area contributed by atoms with Crippen LogP contribution in [-0.4, -0.2) is 43.1 Å². The van der Waals surface area contributed by atoms with Crippen molar-refractivity contribution in [1.29, 1.82) is 0 Å². The zero-order valence-electron chi connectivity index (χ0n) is 13.4. The number of piperidine rings is 1. The number of hydrogen-bond donors (Lipinski definition) is 1. The molecule has 1 saturated heterocycles. The predicted molar refractivity (Wildman–Crippen MR) is 87.3 cm³/mol. The van der Waals surface area contributed by atoms with E-state index < -0.39 is 0 Å². The van der Waals surface area contributed by atoms with Crippen LogP contribution in [0.25, 0.3) is 0 Å². The highest BCUT2D eigenvalue weighted by atomic mass is 16.5. The number of nitrogens with zero attached hydrogens (tertiary/aromatic N) is 1. The molecule has 1 amide bonds. The summed E-state index contributed by atoms with van der Waals surface area (Å²) < 4.78 is 6.01. The molecule has 0 atom stereocenters. The summed E-state index contributed by atoms with van der Waals surface area (Å²) in [5.41, 5.74) is 0.733. The maximum absolute atomic E-state index is 12.7. The number of ether oxygens (including phenoxy) is 1. The number of carbonyl (C=O) groups is 1. The summed E-state index contributed by atoms with van der Waals surface area (Å²) >= 11 is 0. The normalized spacial score (nSPS) is 20.0. The van der Waals surface area contributed by atoms with Crippen molar-refractivity contribution in [2.45, 2.75) is 50.7 Å². The fraction of sp³-hybridized carbons (Fsp3) is 0.611. The Balaban J connectivity index is 1.66. The fourth-order valence-electron chi connectivity index (χ4n) is 3.46. The van der Waals surface area contributed by atoms with Gasteiger partial charge in [0.15, 0.2) is 0 Å². The second-order valence-electron chi connectivity index (χ2n) is 6.45. The van der Waals surface area contributed by atoms with Gasteiger partial charge in [0.25, 0.3) is 5.91 Å². The van der Waals surface area contributed by atoms with E-state index in [0.29, 0.717) is 12.1 Å². The molecule has 1 aromatic carbocycles. The number of rotatable bonds is 4. The molecule has 0 unspecified atom stereocenters. The van der Waals surface area contributed by atoms with Gasteiger partial charge in [0.2, 0.25) is 0 Å². The van der Waals surface area contributed by atoms with Gasteiger partial charge in [-0.3, -0.25) is 4.79 Å². The first-order valence-electron chi connectivity index (χ1n) is 8.48. The first-order valence-corrected chi connectivity index (χ1v) is 8.48. The Labute approximate surface area is 132 Å². The molecule has 1 N–H and O–H groups in total. The summed E-state index contributed by atoms with van der Waals surface area (Å²) in [6.45, 7) is 1.99. The van der Waals surface area contributed by atoms with E-state index in [1.165, 1.54) is 12.8 Å². The summed E-state index contributed by atoms with van der Waals surface area (Å²) in [7, 11) is 1.92. The van der Waals surface area contributed by atoms with Crippen LogP contribution >= 0.6 is 0 Å². The molecule has 1 heterocycles. The van der Waals surface area contributed by atoms with E-state index in [-0.39, 0.29) is 5.91 Å². The Morgan fingerprint density at radius 2 is 1.91 bits per heavy atom. The molecule has 1 saturated carbocycles. The molecule has 1 aliphatic carbocycles. The number of carbonyl (C=O) groups excluding carboxylic acids is 1. The molecule has 1 aliphatic heterocycles. The van der Waals surface area contributed by atoms with Crippen molar-refractivity contribution in [3.8, 4) is 5.75 Å². The van der Waals surface area contributed by atoms with Crippen LogP contribution < -0.4 is 10.1 Å². The second kappa shape index (κ2) is 7.14. The van der Waals surface area contributed by atoms with E-state index in [4.69, 9.17) is 4.74 Å². The van der Waals surface area contributed by atoms with Crippen molar-refractivity contribution in [1.82, 2.24) is 10.2 Å². The van der Waals surface area contributed by atoms with Gasteiger partial charge in [-0.1, -0.05) is 6.07 Å². The maximum atomic E-state index is 12.7. The van der Waals surface area contributed by atoms with Crippen molar-refractivity contribution in [3.63, 3.8) is 0 Å². The Hall–Kier alpha value is -1.55. The van der Waals surface area contributed by atoms with Gasteiger partial charge in [0.05, 0.1) is 6.10 Å². The third-order valence-corrected chi connectivity index (χ3v) is 4.86. The van der Waals surface area contributed by atoms with E-state index in [2.05, 4.69) is 5.32 Å². The molecule has 22 heavy (non-hydrogen) atoms. The average molecular weight is 302 g/mol. The average Bonchev–Trinajstić information content (AvgIpc) is 3.07. The van der Waals surface area contributed by atoms with Gasteiger partial charge in [-0.05, 0) is 69.8 Å².